The molecule has 0 fully saturated rings. The Labute approximate surface area is 655 Å². The van der Waals surface area contributed by atoms with Crippen LogP contribution in [0.4, 0.5) is 0 Å². The maximum absolute atomic E-state index is 13.0. The van der Waals surface area contributed by atoms with Crippen molar-refractivity contribution >= 4 is 19.8 Å². The number of allylic oxidation sites excluding steroid dienone is 28. The van der Waals surface area contributed by atoms with Crippen LogP contribution in [0.3, 0.4) is 0 Å². The number of ether oxygens (including phenoxy) is 2. The highest BCUT2D eigenvalue weighted by molar-refractivity contribution is 7.47. The van der Waals surface area contributed by atoms with Crippen LogP contribution in [-0.4, -0.2) is 74.9 Å². The number of carbonyl (C=O) groups is 2. The number of carbonyl (C=O) groups excluding carboxylic acids is 2. The molecule has 0 amide bonds. The van der Waals surface area contributed by atoms with Crippen LogP contribution in [0.1, 0.15) is 373 Å². The first kappa shape index (κ1) is 101. The average molecular weight is 1490 g/mol. The van der Waals surface area contributed by atoms with Gasteiger partial charge in [0, 0.05) is 12.8 Å². The quantitative estimate of drug-likeness (QED) is 0.0211. The lowest BCUT2D eigenvalue weighted by Gasteiger charge is -2.24. The lowest BCUT2D eigenvalue weighted by Crippen LogP contribution is -2.37. The number of quaternary nitrogens is 1. The fourth-order valence-corrected chi connectivity index (χ4v) is 12.9. The van der Waals surface area contributed by atoms with Crippen LogP contribution >= 0.6 is 7.82 Å². The Morgan fingerprint density at radius 3 is 0.755 bits per heavy atom. The largest absolute Gasteiger partial charge is 0.472 e. The first-order valence-electron chi connectivity index (χ1n) is 43.9. The number of likely N-dealkylation sites (N-methyl/N-ethyl adjacent to an activating group) is 1. The van der Waals surface area contributed by atoms with Crippen LogP contribution in [0.15, 0.2) is 170 Å². The van der Waals surface area contributed by atoms with Crippen LogP contribution in [-0.2, 0) is 32.7 Å². The summed E-state index contributed by atoms with van der Waals surface area (Å²) in [4.78, 5) is 36.1. The topological polar surface area (TPSA) is 108 Å². The fourth-order valence-electron chi connectivity index (χ4n) is 12.2. The third-order valence-electron chi connectivity index (χ3n) is 18.7. The van der Waals surface area contributed by atoms with Gasteiger partial charge in [0.15, 0.2) is 6.10 Å². The summed E-state index contributed by atoms with van der Waals surface area (Å²) in [5, 5.41) is 0. The monoisotopic (exact) mass is 1490 g/mol. The van der Waals surface area contributed by atoms with E-state index in [1.54, 1.807) is 0 Å². The maximum atomic E-state index is 13.0. The number of phosphoric acid groups is 1. The molecule has 0 aromatic heterocycles. The van der Waals surface area contributed by atoms with Gasteiger partial charge in [0.2, 0.25) is 0 Å². The molecule has 0 radical (unpaired) electrons. The summed E-state index contributed by atoms with van der Waals surface area (Å²) >= 11 is 0. The Morgan fingerprint density at radius 2 is 0.509 bits per heavy atom. The molecule has 0 saturated carbocycles. The minimum Gasteiger partial charge on any atom is -0.462 e. The van der Waals surface area contributed by atoms with Crippen molar-refractivity contribution in [2.24, 2.45) is 0 Å². The predicted molar refractivity (Wildman–Crippen MR) is 463 cm³/mol. The van der Waals surface area contributed by atoms with E-state index in [-0.39, 0.29) is 32.0 Å². The molecule has 0 rings (SSSR count). The molecule has 2 atom stereocenters. The highest BCUT2D eigenvalue weighted by Crippen LogP contribution is 2.43. The number of nitrogens with zero attached hydrogens (tertiary/aromatic N) is 1. The van der Waals surface area contributed by atoms with Crippen molar-refractivity contribution in [1.29, 1.82) is 0 Å². The van der Waals surface area contributed by atoms with Gasteiger partial charge in [0.25, 0.3) is 0 Å². The minimum absolute atomic E-state index is 0.0286. The molecule has 0 aliphatic rings. The Hall–Kier alpha value is -4.63. The molecule has 0 spiro atoms. The molecular weight excluding hydrogens is 1330 g/mol. The fraction of sp³-hybridized carbons (Fsp3) is 0.688. The van der Waals surface area contributed by atoms with Crippen molar-refractivity contribution in [3.63, 3.8) is 0 Å². The second kappa shape index (κ2) is 84.4. The maximum Gasteiger partial charge on any atom is 0.472 e. The lowest BCUT2D eigenvalue weighted by atomic mass is 10.0. The summed E-state index contributed by atoms with van der Waals surface area (Å²) in [7, 11) is 1.48. The first-order valence-corrected chi connectivity index (χ1v) is 45.4. The Kier molecular flexibility index (Phi) is 80.7. The molecule has 9 nitrogen and oxygen atoms in total. The molecule has 0 aliphatic carbocycles. The molecule has 0 aromatic carbocycles. The molecule has 0 bridgehead atoms. The van der Waals surface area contributed by atoms with E-state index in [1.807, 2.05) is 21.1 Å². The van der Waals surface area contributed by atoms with Crippen LogP contribution in [0.2, 0.25) is 0 Å². The highest BCUT2D eigenvalue weighted by atomic mass is 31.2. The van der Waals surface area contributed by atoms with Crippen LogP contribution in [0.5, 0.6) is 0 Å². The zero-order valence-corrected chi connectivity index (χ0v) is 70.3. The number of unbranched alkanes of at least 4 members (excludes halogenated alkanes) is 38. The van der Waals surface area contributed by atoms with Crippen LogP contribution in [0, 0.1) is 0 Å². The molecule has 0 heterocycles. The Balaban J connectivity index is 3.93. The van der Waals surface area contributed by atoms with E-state index in [0.717, 1.165) is 122 Å². The second-order valence-corrected chi connectivity index (χ2v) is 31.6. The smallest absolute Gasteiger partial charge is 0.462 e. The van der Waals surface area contributed by atoms with E-state index in [9.17, 15) is 19.0 Å². The number of rotatable bonds is 80. The van der Waals surface area contributed by atoms with Gasteiger partial charge in [0.1, 0.15) is 19.8 Å². The van der Waals surface area contributed by atoms with Crippen molar-refractivity contribution in [2.75, 3.05) is 47.5 Å². The molecule has 0 aromatic rings. The van der Waals surface area contributed by atoms with Gasteiger partial charge in [-0.3, -0.25) is 18.6 Å². The van der Waals surface area contributed by atoms with Gasteiger partial charge in [-0.05, 0) is 128 Å². The molecule has 106 heavy (non-hydrogen) atoms. The lowest BCUT2D eigenvalue weighted by molar-refractivity contribution is -0.870. The van der Waals surface area contributed by atoms with E-state index in [1.165, 1.54) is 218 Å². The van der Waals surface area contributed by atoms with Crippen molar-refractivity contribution in [2.45, 2.75) is 380 Å². The van der Waals surface area contributed by atoms with Gasteiger partial charge in [-0.15, -0.1) is 0 Å². The first-order chi connectivity index (χ1) is 52.0. The zero-order valence-electron chi connectivity index (χ0n) is 69.4. The van der Waals surface area contributed by atoms with Gasteiger partial charge >= 0.3 is 19.8 Å². The highest BCUT2D eigenvalue weighted by Gasteiger charge is 2.27. The van der Waals surface area contributed by atoms with E-state index in [4.69, 9.17) is 18.5 Å². The number of phosphoric ester groups is 1. The third-order valence-corrected chi connectivity index (χ3v) is 19.7. The Bertz CT molecular complexity index is 2410. The molecular formula is C96H165NO8P+. The van der Waals surface area contributed by atoms with Gasteiger partial charge in [-0.25, -0.2) is 4.57 Å². The van der Waals surface area contributed by atoms with Gasteiger partial charge < -0.3 is 18.9 Å². The zero-order chi connectivity index (χ0) is 76.8. The summed E-state index contributed by atoms with van der Waals surface area (Å²) in [5.41, 5.74) is 0. The molecule has 1 N–H and O–H groups in total. The van der Waals surface area contributed by atoms with Crippen molar-refractivity contribution in [3.05, 3.63) is 170 Å². The van der Waals surface area contributed by atoms with E-state index in [2.05, 4.69) is 184 Å². The summed E-state index contributed by atoms with van der Waals surface area (Å²) in [6.07, 6.45) is 128. The van der Waals surface area contributed by atoms with Crippen LogP contribution < -0.4 is 0 Å². The molecule has 606 valence electrons. The number of hydrogen-bond acceptors (Lipinski definition) is 7. The minimum atomic E-state index is -4.40. The summed E-state index contributed by atoms with van der Waals surface area (Å²) in [5.74, 6) is -0.786. The van der Waals surface area contributed by atoms with Gasteiger partial charge in [-0.1, -0.05) is 402 Å². The van der Waals surface area contributed by atoms with Crippen molar-refractivity contribution in [3.8, 4) is 0 Å². The summed E-state index contributed by atoms with van der Waals surface area (Å²) in [6.45, 7) is 4.24. The number of esters is 2. The number of hydrogen-bond donors (Lipinski definition) is 1. The molecule has 0 saturated heterocycles. The standard InChI is InChI=1S/C96H164NO8P/c1-6-8-10-12-14-16-18-20-22-24-26-28-30-32-34-36-38-40-42-44-46-48-50-52-54-56-58-60-62-64-66-68-70-72-74-76-78-80-82-84-86-88-95(98)102-92-94(93-104-106(100,101)103-91-90-97(3,4)5)105-96(99)89-87-85-83-81-79-77-75-73-71-69-67-65-63-61-59-57-55-53-51-49-47-45-43-41-39-37-35-33-31-29-27-25-23-21-19-17-15-13-11-9-7-2/h8-11,14-17,20-23,26-29,32-35,38-41,44-47,94H,6-7,12-13,18-19,24-25,30-31,36-37,42-43,48-93H2,1-5H3/p+1/b10-8-,11-9-,16-14-,17-15-,22-20-,23-21-,28-26-,29-27-,34-32-,35-33-,40-38-,41-39-,46-44-,47-45-. The average Bonchev–Trinajstić information content (AvgIpc) is 0.951. The molecule has 10 heteroatoms. The third kappa shape index (κ3) is 88.3. The normalized spacial score (nSPS) is 13.8. The van der Waals surface area contributed by atoms with Crippen molar-refractivity contribution in [1.82, 2.24) is 0 Å². The van der Waals surface area contributed by atoms with Crippen molar-refractivity contribution < 1.29 is 42.1 Å². The summed E-state index contributed by atoms with van der Waals surface area (Å²) < 4.78 is 34.9. The Morgan fingerprint density at radius 1 is 0.292 bits per heavy atom. The second-order valence-electron chi connectivity index (χ2n) is 30.2. The summed E-state index contributed by atoms with van der Waals surface area (Å²) in [6, 6.07) is 0. The molecule has 2 unspecified atom stereocenters. The van der Waals surface area contributed by atoms with E-state index in [0.29, 0.717) is 17.4 Å². The van der Waals surface area contributed by atoms with E-state index < -0.39 is 26.5 Å². The van der Waals surface area contributed by atoms with Gasteiger partial charge in [0.05, 0.1) is 27.7 Å². The van der Waals surface area contributed by atoms with E-state index >= 15 is 0 Å². The predicted octanol–water partition coefficient (Wildman–Crippen LogP) is 30.0. The molecule has 0 aliphatic heterocycles. The SMILES string of the molecule is CC/C=C\C/C=C\C/C=C\C/C=C\C/C=C\C/C=C\C/C=C\CCCCCCCCCCCCCCCCCCCCCC(=O)OCC(COP(=O)(O)OCC[N+](C)(C)C)OC(=O)CCCCCCCCCCCCCCCCCCCCC/C=C\C/C=C\C/C=C\C/C=C\C/C=C\C/C=C\C/C=C\CC. The van der Waals surface area contributed by atoms with Crippen LogP contribution in [0.25, 0.3) is 0 Å². The van der Waals surface area contributed by atoms with Gasteiger partial charge in [-0.2, -0.15) is 0 Å².